The second-order valence-electron chi connectivity index (χ2n) is 30.3. The van der Waals surface area contributed by atoms with E-state index in [-0.39, 0.29) is 18.9 Å². The van der Waals surface area contributed by atoms with Gasteiger partial charge in [-0.3, -0.25) is 4.79 Å². The fraction of sp³-hybridized carbons (Fsp3) is 0.807. The van der Waals surface area contributed by atoms with Crippen molar-refractivity contribution in [2.75, 3.05) is 26.4 Å². The first-order valence-electron chi connectivity index (χ1n) is 43.0. The van der Waals surface area contributed by atoms with Crippen LogP contribution in [0.3, 0.4) is 0 Å². The number of hydrogen-bond acceptors (Lipinski definition) is 18. The molecule has 0 aromatic rings. The summed E-state index contributed by atoms with van der Waals surface area (Å²) in [5, 5.41) is 121. The molecule has 107 heavy (non-hydrogen) atoms. The number of amides is 1. The molecular formula is C88H155NO18. The van der Waals surface area contributed by atoms with E-state index in [1.54, 1.807) is 6.08 Å². The third kappa shape index (κ3) is 46.5. The van der Waals surface area contributed by atoms with Crippen LogP contribution in [-0.2, 0) is 33.2 Å². The second-order valence-corrected chi connectivity index (χ2v) is 30.3. The summed E-state index contributed by atoms with van der Waals surface area (Å²) in [5.74, 6) is -0.290. The maximum atomic E-state index is 13.5. The first-order chi connectivity index (χ1) is 52.3. The Morgan fingerprint density at radius 3 is 1.05 bits per heavy atom. The number of ether oxygens (including phenoxy) is 6. The van der Waals surface area contributed by atoms with Crippen LogP contribution in [0.5, 0.6) is 0 Å². The zero-order valence-corrected chi connectivity index (χ0v) is 66.6. The minimum absolute atomic E-state index is 0.225. The Hall–Kier alpha value is -3.29. The zero-order chi connectivity index (χ0) is 77.4. The van der Waals surface area contributed by atoms with Crippen molar-refractivity contribution in [2.45, 2.75) is 426 Å². The van der Waals surface area contributed by atoms with Crippen LogP contribution in [0.15, 0.2) is 97.2 Å². The maximum Gasteiger partial charge on any atom is 0.220 e. The molecule has 19 heteroatoms. The largest absolute Gasteiger partial charge is 0.394 e. The molecule has 3 heterocycles. The molecule has 0 bridgehead atoms. The number of carbonyl (C=O) groups is 1. The highest BCUT2D eigenvalue weighted by molar-refractivity contribution is 5.76. The summed E-state index contributed by atoms with van der Waals surface area (Å²) < 4.78 is 34.5. The normalized spacial score (nSPS) is 26.0. The lowest BCUT2D eigenvalue weighted by atomic mass is 9.96. The molecule has 17 atom stereocenters. The number of allylic oxidation sites excluding steroid dienone is 15. The molecule has 0 radical (unpaired) electrons. The molecule has 3 fully saturated rings. The van der Waals surface area contributed by atoms with E-state index in [9.17, 15) is 61.0 Å². The van der Waals surface area contributed by atoms with Gasteiger partial charge in [-0.1, -0.05) is 329 Å². The van der Waals surface area contributed by atoms with Gasteiger partial charge in [0.25, 0.3) is 0 Å². The van der Waals surface area contributed by atoms with Crippen molar-refractivity contribution >= 4 is 5.91 Å². The van der Waals surface area contributed by atoms with Crippen LogP contribution >= 0.6 is 0 Å². The van der Waals surface area contributed by atoms with Gasteiger partial charge in [0.2, 0.25) is 5.91 Å². The predicted molar refractivity (Wildman–Crippen MR) is 429 cm³/mol. The Balaban J connectivity index is 1.37. The standard InChI is InChI=1S/C88H155NO18/c1-3-5-7-9-11-13-15-17-19-21-23-25-27-29-31-33-34-35-36-38-39-41-43-45-47-49-51-53-55-57-59-61-63-65-72(93)71(89-76(94)66-64-62-60-58-56-54-52-50-48-46-44-42-40-37-32-30-28-26-24-22-20-18-16-14-12-10-8-6-4-2)70-102-86-82(100)79(97)84(74(68-91)104-86)107-88-83(101)80(98)85(75(69-92)105-88)106-87-81(99)78(96)77(95)73(67-90)103-87/h6,8,12,14,18,20,24,26,30,32,40,42,55,57,63,65,71-75,77-88,90-93,95-101H,3-5,7,9-11,13,15-17,19,21-23,25,27-29,31,33-39,41,43-54,56,58-62,64,66-70H2,1-2H3,(H,89,94)/b8-6-,14-12-,20-18-,26-24-,32-30-,42-40-,57-55+,65-63+. The first-order valence-corrected chi connectivity index (χ1v) is 43.0. The Bertz CT molecular complexity index is 2310. The topological polar surface area (TPSA) is 307 Å². The van der Waals surface area contributed by atoms with Crippen LogP contribution in [0.2, 0.25) is 0 Å². The van der Waals surface area contributed by atoms with E-state index in [1.165, 1.54) is 199 Å². The second kappa shape index (κ2) is 67.2. The van der Waals surface area contributed by atoms with Crippen LogP contribution in [-0.4, -0.2) is 193 Å². The van der Waals surface area contributed by atoms with Gasteiger partial charge in [0, 0.05) is 6.42 Å². The number of aliphatic hydroxyl groups excluding tert-OH is 11. The molecule has 3 aliphatic heterocycles. The van der Waals surface area contributed by atoms with Gasteiger partial charge in [-0.25, -0.2) is 0 Å². The van der Waals surface area contributed by atoms with Crippen LogP contribution in [0.4, 0.5) is 0 Å². The number of aliphatic hydroxyl groups is 11. The molecule has 19 nitrogen and oxygen atoms in total. The highest BCUT2D eigenvalue weighted by Gasteiger charge is 2.54. The number of carbonyl (C=O) groups excluding carboxylic acids is 1. The molecule has 3 saturated heterocycles. The van der Waals surface area contributed by atoms with Gasteiger partial charge in [-0.05, 0) is 83.5 Å². The van der Waals surface area contributed by atoms with Crippen molar-refractivity contribution in [1.29, 1.82) is 0 Å². The SMILES string of the molecule is CC/C=C\C/C=C\C/C=C\C/C=C\C/C=C\C/C=C\CCCCCCCCCCCCC(=O)NC(COC1OC(CO)C(OC2OC(CO)C(OC3OC(CO)C(O)C(O)C3O)C(O)C2O)C(O)C1O)C(O)/C=C/CC/C=C/CCCCCCCCCCCCCCCCCCCCCCCCCCCCC. The monoisotopic (exact) mass is 1510 g/mol. The fourth-order valence-electron chi connectivity index (χ4n) is 14.0. The van der Waals surface area contributed by atoms with E-state index in [4.69, 9.17) is 28.4 Å². The molecule has 1 amide bonds. The maximum absolute atomic E-state index is 13.5. The van der Waals surface area contributed by atoms with Crippen molar-refractivity contribution in [3.8, 4) is 0 Å². The molecular weight excluding hydrogens is 1360 g/mol. The number of unbranched alkanes of at least 4 members (excludes halogenated alkanes) is 38. The van der Waals surface area contributed by atoms with E-state index in [1.807, 2.05) is 6.08 Å². The Kier molecular flexibility index (Phi) is 61.5. The molecule has 0 aromatic heterocycles. The highest BCUT2D eigenvalue weighted by atomic mass is 16.8. The molecule has 3 rings (SSSR count). The van der Waals surface area contributed by atoms with Gasteiger partial charge in [0.1, 0.15) is 73.2 Å². The summed E-state index contributed by atoms with van der Waals surface area (Å²) in [6, 6.07) is -1.00. The van der Waals surface area contributed by atoms with Gasteiger partial charge in [0.15, 0.2) is 18.9 Å². The summed E-state index contributed by atoms with van der Waals surface area (Å²) in [6.45, 7) is 1.63. The molecule has 17 unspecified atom stereocenters. The Morgan fingerprint density at radius 1 is 0.346 bits per heavy atom. The third-order valence-corrected chi connectivity index (χ3v) is 20.9. The van der Waals surface area contributed by atoms with Crippen LogP contribution in [0.1, 0.15) is 322 Å². The lowest BCUT2D eigenvalue weighted by Gasteiger charge is -2.48. The molecule has 0 aromatic carbocycles. The number of nitrogens with one attached hydrogen (secondary N) is 1. The summed E-state index contributed by atoms with van der Waals surface area (Å²) in [4.78, 5) is 13.5. The van der Waals surface area contributed by atoms with Gasteiger partial charge in [0.05, 0.1) is 38.6 Å². The van der Waals surface area contributed by atoms with E-state index < -0.39 is 124 Å². The molecule has 3 aliphatic rings. The lowest BCUT2D eigenvalue weighted by Crippen LogP contribution is -2.66. The number of rotatable bonds is 68. The zero-order valence-electron chi connectivity index (χ0n) is 66.6. The highest BCUT2D eigenvalue weighted by Crippen LogP contribution is 2.33. The van der Waals surface area contributed by atoms with Gasteiger partial charge in [-0.15, -0.1) is 0 Å². The van der Waals surface area contributed by atoms with E-state index in [0.29, 0.717) is 12.8 Å². The van der Waals surface area contributed by atoms with Crippen LogP contribution < -0.4 is 5.32 Å². The van der Waals surface area contributed by atoms with Gasteiger partial charge in [-0.2, -0.15) is 0 Å². The van der Waals surface area contributed by atoms with Gasteiger partial charge >= 0.3 is 0 Å². The third-order valence-electron chi connectivity index (χ3n) is 20.9. The Labute approximate surface area is 647 Å². The fourth-order valence-corrected chi connectivity index (χ4v) is 14.0. The molecule has 0 spiro atoms. The van der Waals surface area contributed by atoms with Crippen LogP contribution in [0.25, 0.3) is 0 Å². The van der Waals surface area contributed by atoms with E-state index in [0.717, 1.165) is 89.9 Å². The molecule has 620 valence electrons. The average molecular weight is 1520 g/mol. The van der Waals surface area contributed by atoms with E-state index >= 15 is 0 Å². The predicted octanol–water partition coefficient (Wildman–Crippen LogP) is 15.5. The van der Waals surface area contributed by atoms with Crippen LogP contribution in [0, 0.1) is 0 Å². The van der Waals surface area contributed by atoms with Crippen molar-refractivity contribution < 1.29 is 89.4 Å². The summed E-state index contributed by atoms with van der Waals surface area (Å²) in [7, 11) is 0. The van der Waals surface area contributed by atoms with Gasteiger partial charge < -0.3 is 89.9 Å². The molecule has 0 saturated carbocycles. The van der Waals surface area contributed by atoms with Crippen molar-refractivity contribution in [3.05, 3.63) is 97.2 Å². The smallest absolute Gasteiger partial charge is 0.220 e. The minimum Gasteiger partial charge on any atom is -0.394 e. The summed E-state index contributed by atoms with van der Waals surface area (Å²) in [5.41, 5.74) is 0. The van der Waals surface area contributed by atoms with Crippen molar-refractivity contribution in [3.63, 3.8) is 0 Å². The number of hydrogen-bond donors (Lipinski definition) is 12. The minimum atomic E-state index is -1.99. The summed E-state index contributed by atoms with van der Waals surface area (Å²) in [6.07, 6.45) is 65.5. The van der Waals surface area contributed by atoms with Crippen molar-refractivity contribution in [2.24, 2.45) is 0 Å². The first kappa shape index (κ1) is 97.9. The van der Waals surface area contributed by atoms with Crippen molar-refractivity contribution in [1.82, 2.24) is 5.32 Å². The summed E-state index contributed by atoms with van der Waals surface area (Å²) >= 11 is 0. The molecule has 0 aliphatic carbocycles. The molecule has 12 N–H and O–H groups in total. The lowest BCUT2D eigenvalue weighted by molar-refractivity contribution is -0.379. The average Bonchev–Trinajstić information content (AvgIpc) is 0.781. The Morgan fingerprint density at radius 2 is 0.654 bits per heavy atom. The quantitative estimate of drug-likeness (QED) is 0.0199. The van der Waals surface area contributed by atoms with E-state index in [2.05, 4.69) is 104 Å².